The molecule has 1 saturated carbocycles. The van der Waals surface area contributed by atoms with E-state index in [9.17, 15) is 0 Å². The summed E-state index contributed by atoms with van der Waals surface area (Å²) in [7, 11) is 1.98. The third-order valence-corrected chi connectivity index (χ3v) is 2.92. The molecule has 5 heteroatoms. The number of nitrogens with one attached hydrogen (secondary N) is 1. The maximum Gasteiger partial charge on any atom is 0.319 e. The number of hydrogen-bond acceptors (Lipinski definition) is 5. The fraction of sp³-hybridized carbons (Fsp3) is 0.692. The molecule has 0 amide bonds. The van der Waals surface area contributed by atoms with Crippen molar-refractivity contribution in [2.75, 3.05) is 13.6 Å². The summed E-state index contributed by atoms with van der Waals surface area (Å²) in [5.74, 6) is 1.29. The first-order valence-corrected chi connectivity index (χ1v) is 6.48. The monoisotopic (exact) mass is 251 g/mol. The zero-order valence-electron chi connectivity index (χ0n) is 11.2. The highest BCUT2D eigenvalue weighted by Gasteiger charge is 2.30. The number of ether oxygens (including phenoxy) is 2. The predicted molar refractivity (Wildman–Crippen MR) is 68.9 cm³/mol. The molecule has 18 heavy (non-hydrogen) atoms. The second kappa shape index (κ2) is 6.00. The van der Waals surface area contributed by atoms with Crippen LogP contribution in [0.25, 0.3) is 0 Å². The molecule has 5 nitrogen and oxygen atoms in total. The maximum atomic E-state index is 5.72. The lowest BCUT2D eigenvalue weighted by Gasteiger charge is -2.34. The van der Waals surface area contributed by atoms with Crippen molar-refractivity contribution in [1.29, 1.82) is 0 Å². The standard InChI is InChI=1S/C13H21N3O2/c1-9(2)17-12-4-5-15-13(16-12)18-11-6-10(7-11)8-14-3/h4-5,9-11,14H,6-8H2,1-3H3. The molecule has 0 aliphatic heterocycles. The molecular formula is C13H21N3O2. The highest BCUT2D eigenvalue weighted by molar-refractivity contribution is 5.11. The van der Waals surface area contributed by atoms with Gasteiger partial charge in [0, 0.05) is 12.3 Å². The first kappa shape index (κ1) is 13.1. The van der Waals surface area contributed by atoms with Gasteiger partial charge in [0.2, 0.25) is 5.88 Å². The molecule has 0 radical (unpaired) electrons. The third-order valence-electron chi connectivity index (χ3n) is 2.92. The average molecular weight is 251 g/mol. The lowest BCUT2D eigenvalue weighted by atomic mass is 9.82. The maximum absolute atomic E-state index is 5.72. The van der Waals surface area contributed by atoms with Gasteiger partial charge in [-0.2, -0.15) is 4.98 Å². The van der Waals surface area contributed by atoms with Gasteiger partial charge in [0.05, 0.1) is 6.10 Å². The second-order valence-corrected chi connectivity index (χ2v) is 4.98. The van der Waals surface area contributed by atoms with E-state index in [4.69, 9.17) is 9.47 Å². The Bertz CT molecular complexity index is 378. The predicted octanol–water partition coefficient (Wildman–Crippen LogP) is 1.64. The van der Waals surface area contributed by atoms with Crippen LogP contribution in [0, 0.1) is 5.92 Å². The first-order valence-electron chi connectivity index (χ1n) is 6.48. The molecule has 0 unspecified atom stereocenters. The third kappa shape index (κ3) is 3.57. The van der Waals surface area contributed by atoms with Crippen LogP contribution in [-0.4, -0.2) is 35.8 Å². The molecule has 0 bridgehead atoms. The minimum absolute atomic E-state index is 0.108. The molecule has 0 atom stereocenters. The molecule has 0 saturated heterocycles. The van der Waals surface area contributed by atoms with Gasteiger partial charge < -0.3 is 14.8 Å². The smallest absolute Gasteiger partial charge is 0.319 e. The van der Waals surface area contributed by atoms with E-state index >= 15 is 0 Å². The van der Waals surface area contributed by atoms with E-state index in [-0.39, 0.29) is 12.2 Å². The molecule has 1 aliphatic rings. The molecule has 0 aromatic carbocycles. The molecule has 1 aromatic heterocycles. The Hall–Kier alpha value is -1.36. The summed E-state index contributed by atoms with van der Waals surface area (Å²) in [6.45, 7) is 4.99. The van der Waals surface area contributed by atoms with Crippen LogP contribution in [-0.2, 0) is 0 Å². The molecule has 1 fully saturated rings. The van der Waals surface area contributed by atoms with Gasteiger partial charge in [-0.3, -0.25) is 0 Å². The summed E-state index contributed by atoms with van der Waals surface area (Å²) >= 11 is 0. The topological polar surface area (TPSA) is 56.3 Å². The van der Waals surface area contributed by atoms with Crippen molar-refractivity contribution in [3.05, 3.63) is 12.3 Å². The lowest BCUT2D eigenvalue weighted by molar-refractivity contribution is 0.0562. The van der Waals surface area contributed by atoms with E-state index < -0.39 is 0 Å². The Labute approximate surface area is 108 Å². The molecule has 100 valence electrons. The SMILES string of the molecule is CNCC1CC(Oc2nccc(OC(C)C)n2)C1. The Kier molecular flexibility index (Phi) is 4.36. The number of rotatable bonds is 6. The summed E-state index contributed by atoms with van der Waals surface area (Å²) in [4.78, 5) is 8.35. The highest BCUT2D eigenvalue weighted by atomic mass is 16.5. The van der Waals surface area contributed by atoms with Gasteiger partial charge in [0.25, 0.3) is 0 Å². The van der Waals surface area contributed by atoms with E-state index in [0.717, 1.165) is 25.3 Å². The van der Waals surface area contributed by atoms with Crippen LogP contribution in [0.2, 0.25) is 0 Å². The van der Waals surface area contributed by atoms with Crippen LogP contribution < -0.4 is 14.8 Å². The van der Waals surface area contributed by atoms with Crippen LogP contribution in [0.4, 0.5) is 0 Å². The minimum atomic E-state index is 0.108. The van der Waals surface area contributed by atoms with Crippen molar-refractivity contribution < 1.29 is 9.47 Å². The summed E-state index contributed by atoms with van der Waals surface area (Å²) < 4.78 is 11.2. The largest absolute Gasteiger partial charge is 0.475 e. The lowest BCUT2D eigenvalue weighted by Crippen LogP contribution is -2.39. The fourth-order valence-corrected chi connectivity index (χ4v) is 2.06. The van der Waals surface area contributed by atoms with E-state index in [1.807, 2.05) is 20.9 Å². The molecule has 1 aliphatic carbocycles. The summed E-state index contributed by atoms with van der Waals surface area (Å²) in [5, 5.41) is 3.18. The highest BCUT2D eigenvalue weighted by Crippen LogP contribution is 2.30. The number of nitrogens with zero attached hydrogens (tertiary/aromatic N) is 2. The van der Waals surface area contributed by atoms with Gasteiger partial charge >= 0.3 is 6.01 Å². The normalized spacial score (nSPS) is 22.7. The van der Waals surface area contributed by atoms with Gasteiger partial charge in [-0.15, -0.1) is 0 Å². The van der Waals surface area contributed by atoms with Crippen molar-refractivity contribution in [1.82, 2.24) is 15.3 Å². The first-order chi connectivity index (χ1) is 8.67. The zero-order chi connectivity index (χ0) is 13.0. The fourth-order valence-electron chi connectivity index (χ4n) is 2.06. The van der Waals surface area contributed by atoms with Crippen molar-refractivity contribution >= 4 is 0 Å². The average Bonchev–Trinajstić information content (AvgIpc) is 2.26. The van der Waals surface area contributed by atoms with E-state index in [0.29, 0.717) is 11.9 Å². The van der Waals surface area contributed by atoms with Crippen molar-refractivity contribution in [3.8, 4) is 11.9 Å². The van der Waals surface area contributed by atoms with Crippen molar-refractivity contribution in [2.24, 2.45) is 5.92 Å². The summed E-state index contributed by atoms with van der Waals surface area (Å²) in [6.07, 6.45) is 4.16. The van der Waals surface area contributed by atoms with Crippen LogP contribution in [0.3, 0.4) is 0 Å². The molecule has 0 spiro atoms. The Morgan fingerprint density at radius 3 is 2.89 bits per heavy atom. The molecule has 1 heterocycles. The minimum Gasteiger partial charge on any atom is -0.475 e. The van der Waals surface area contributed by atoms with Crippen LogP contribution in [0.1, 0.15) is 26.7 Å². The van der Waals surface area contributed by atoms with Gasteiger partial charge in [0.1, 0.15) is 6.10 Å². The van der Waals surface area contributed by atoms with Crippen LogP contribution in [0.5, 0.6) is 11.9 Å². The van der Waals surface area contributed by atoms with Gasteiger partial charge in [-0.05, 0) is 46.2 Å². The summed E-state index contributed by atoms with van der Waals surface area (Å²) in [6, 6.07) is 2.17. The van der Waals surface area contributed by atoms with Gasteiger partial charge in [0.15, 0.2) is 0 Å². The van der Waals surface area contributed by atoms with E-state index in [1.165, 1.54) is 0 Å². The molecular weight excluding hydrogens is 230 g/mol. The van der Waals surface area contributed by atoms with Gasteiger partial charge in [-0.25, -0.2) is 4.98 Å². The Balaban J connectivity index is 1.83. The summed E-state index contributed by atoms with van der Waals surface area (Å²) in [5.41, 5.74) is 0. The van der Waals surface area contributed by atoms with Crippen LogP contribution >= 0.6 is 0 Å². The molecule has 2 rings (SSSR count). The number of aromatic nitrogens is 2. The van der Waals surface area contributed by atoms with Crippen molar-refractivity contribution in [2.45, 2.75) is 38.9 Å². The quantitative estimate of drug-likeness (QED) is 0.833. The second-order valence-electron chi connectivity index (χ2n) is 4.98. The van der Waals surface area contributed by atoms with Gasteiger partial charge in [-0.1, -0.05) is 0 Å². The van der Waals surface area contributed by atoms with E-state index in [1.54, 1.807) is 12.3 Å². The molecule has 1 aromatic rings. The van der Waals surface area contributed by atoms with Crippen LogP contribution in [0.15, 0.2) is 12.3 Å². The van der Waals surface area contributed by atoms with Crippen molar-refractivity contribution in [3.63, 3.8) is 0 Å². The number of hydrogen-bond donors (Lipinski definition) is 1. The molecule has 1 N–H and O–H groups in total. The Morgan fingerprint density at radius 2 is 2.22 bits per heavy atom. The zero-order valence-corrected chi connectivity index (χ0v) is 11.2. The van der Waals surface area contributed by atoms with E-state index in [2.05, 4.69) is 15.3 Å². The Morgan fingerprint density at radius 1 is 1.44 bits per heavy atom.